The normalized spacial score (nSPS) is 18.1. The minimum Gasteiger partial charge on any atom is -0.368 e. The van der Waals surface area contributed by atoms with Crippen molar-refractivity contribution in [3.05, 3.63) is 36.0 Å². The van der Waals surface area contributed by atoms with Gasteiger partial charge in [-0.2, -0.15) is 4.98 Å². The summed E-state index contributed by atoms with van der Waals surface area (Å²) in [6.07, 6.45) is 6.21. The molecule has 0 aliphatic carbocycles. The molecule has 3 heterocycles. The van der Waals surface area contributed by atoms with E-state index in [0.29, 0.717) is 44.3 Å². The summed E-state index contributed by atoms with van der Waals surface area (Å²) in [5.41, 5.74) is 0.745. The van der Waals surface area contributed by atoms with Crippen molar-refractivity contribution in [3.8, 4) is 0 Å². The van der Waals surface area contributed by atoms with E-state index in [1.165, 1.54) is 0 Å². The number of hydrogen-bond acceptors (Lipinski definition) is 7. The SMILES string of the molecule is CCc1noc(CCC(=O)N2CCO[C@@H](c3cnccn3)C2)n1. The molecule has 2 aromatic heterocycles. The second kappa shape index (κ2) is 7.28. The summed E-state index contributed by atoms with van der Waals surface area (Å²) in [4.78, 5) is 26.7. The average molecular weight is 317 g/mol. The Balaban J connectivity index is 1.54. The molecule has 8 heteroatoms. The van der Waals surface area contributed by atoms with Gasteiger partial charge < -0.3 is 14.2 Å². The lowest BCUT2D eigenvalue weighted by Crippen LogP contribution is -2.42. The van der Waals surface area contributed by atoms with E-state index < -0.39 is 0 Å². The van der Waals surface area contributed by atoms with Gasteiger partial charge in [-0.1, -0.05) is 12.1 Å². The molecule has 1 atom stereocenters. The predicted molar refractivity (Wildman–Crippen MR) is 79.3 cm³/mol. The molecular weight excluding hydrogens is 298 g/mol. The summed E-state index contributed by atoms with van der Waals surface area (Å²) in [5.74, 6) is 1.23. The number of carbonyl (C=O) groups is 1. The summed E-state index contributed by atoms with van der Waals surface area (Å²) < 4.78 is 10.8. The largest absolute Gasteiger partial charge is 0.368 e. The zero-order valence-electron chi connectivity index (χ0n) is 13.0. The molecule has 0 aromatic carbocycles. The third-order valence-corrected chi connectivity index (χ3v) is 3.71. The molecule has 0 radical (unpaired) electrons. The monoisotopic (exact) mass is 317 g/mol. The maximum absolute atomic E-state index is 12.4. The molecule has 3 rings (SSSR count). The van der Waals surface area contributed by atoms with Gasteiger partial charge in [-0.25, -0.2) is 0 Å². The zero-order valence-corrected chi connectivity index (χ0v) is 13.0. The van der Waals surface area contributed by atoms with Crippen LogP contribution in [-0.2, 0) is 22.4 Å². The third kappa shape index (κ3) is 3.89. The van der Waals surface area contributed by atoms with Crippen molar-refractivity contribution in [2.75, 3.05) is 19.7 Å². The maximum Gasteiger partial charge on any atom is 0.227 e. The number of aromatic nitrogens is 4. The molecule has 1 aliphatic rings. The van der Waals surface area contributed by atoms with Crippen molar-refractivity contribution in [3.63, 3.8) is 0 Å². The Kier molecular flexibility index (Phi) is 4.92. The number of carbonyl (C=O) groups excluding carboxylic acids is 1. The number of amides is 1. The zero-order chi connectivity index (χ0) is 16.1. The van der Waals surface area contributed by atoms with Crippen LogP contribution in [0.5, 0.6) is 0 Å². The molecule has 23 heavy (non-hydrogen) atoms. The topological polar surface area (TPSA) is 94.2 Å². The van der Waals surface area contributed by atoms with Crippen molar-refractivity contribution in [2.24, 2.45) is 0 Å². The van der Waals surface area contributed by atoms with Gasteiger partial charge >= 0.3 is 0 Å². The van der Waals surface area contributed by atoms with Crippen LogP contribution >= 0.6 is 0 Å². The summed E-state index contributed by atoms with van der Waals surface area (Å²) in [7, 11) is 0. The van der Waals surface area contributed by atoms with Gasteiger partial charge in [0.05, 0.1) is 25.0 Å². The minimum absolute atomic E-state index is 0.0541. The second-order valence-corrected chi connectivity index (χ2v) is 5.29. The Morgan fingerprint density at radius 3 is 3.09 bits per heavy atom. The van der Waals surface area contributed by atoms with Crippen LogP contribution in [0.3, 0.4) is 0 Å². The van der Waals surface area contributed by atoms with Crippen molar-refractivity contribution < 1.29 is 14.1 Å². The number of aryl methyl sites for hydroxylation is 2. The first-order valence-corrected chi connectivity index (χ1v) is 7.73. The van der Waals surface area contributed by atoms with Crippen LogP contribution in [0.4, 0.5) is 0 Å². The highest BCUT2D eigenvalue weighted by Gasteiger charge is 2.26. The first kappa shape index (κ1) is 15.5. The third-order valence-electron chi connectivity index (χ3n) is 3.71. The lowest BCUT2D eigenvalue weighted by molar-refractivity contribution is -0.139. The molecule has 1 aliphatic heterocycles. The van der Waals surface area contributed by atoms with Crippen LogP contribution in [0.1, 0.15) is 36.9 Å². The smallest absolute Gasteiger partial charge is 0.227 e. The fraction of sp³-hybridized carbons (Fsp3) is 0.533. The first-order valence-electron chi connectivity index (χ1n) is 7.73. The van der Waals surface area contributed by atoms with E-state index in [1.54, 1.807) is 23.5 Å². The second-order valence-electron chi connectivity index (χ2n) is 5.29. The summed E-state index contributed by atoms with van der Waals surface area (Å²) in [5, 5.41) is 3.83. The number of morpholine rings is 1. The number of hydrogen-bond donors (Lipinski definition) is 0. The van der Waals surface area contributed by atoms with Crippen LogP contribution in [0.15, 0.2) is 23.1 Å². The Morgan fingerprint density at radius 2 is 2.35 bits per heavy atom. The van der Waals surface area contributed by atoms with Gasteiger partial charge in [-0.05, 0) is 0 Å². The van der Waals surface area contributed by atoms with Crippen molar-refractivity contribution >= 4 is 5.91 Å². The number of nitrogens with zero attached hydrogens (tertiary/aromatic N) is 5. The van der Waals surface area contributed by atoms with Crippen molar-refractivity contribution in [1.82, 2.24) is 25.0 Å². The molecule has 0 unspecified atom stereocenters. The summed E-state index contributed by atoms with van der Waals surface area (Å²) in [6.45, 7) is 3.52. The molecule has 0 spiro atoms. The van der Waals surface area contributed by atoms with Gasteiger partial charge in [0.1, 0.15) is 6.10 Å². The van der Waals surface area contributed by atoms with Gasteiger partial charge in [0.25, 0.3) is 0 Å². The van der Waals surface area contributed by atoms with E-state index in [0.717, 1.165) is 12.1 Å². The van der Waals surface area contributed by atoms with Crippen LogP contribution in [0.25, 0.3) is 0 Å². The molecule has 2 aromatic rings. The Morgan fingerprint density at radius 1 is 1.43 bits per heavy atom. The Hall–Kier alpha value is -2.35. The highest BCUT2D eigenvalue weighted by atomic mass is 16.5. The lowest BCUT2D eigenvalue weighted by atomic mass is 10.2. The molecule has 8 nitrogen and oxygen atoms in total. The van der Waals surface area contributed by atoms with Crippen LogP contribution in [0, 0.1) is 0 Å². The minimum atomic E-state index is -0.225. The van der Waals surface area contributed by atoms with Crippen molar-refractivity contribution in [1.29, 1.82) is 0 Å². The molecule has 122 valence electrons. The highest BCUT2D eigenvalue weighted by molar-refractivity contribution is 5.76. The van der Waals surface area contributed by atoms with Crippen LogP contribution in [0.2, 0.25) is 0 Å². The molecule has 0 saturated carbocycles. The first-order chi connectivity index (χ1) is 11.3. The van der Waals surface area contributed by atoms with E-state index in [2.05, 4.69) is 20.1 Å². The Labute approximate surface area is 133 Å². The van der Waals surface area contributed by atoms with E-state index in [1.807, 2.05) is 6.92 Å². The van der Waals surface area contributed by atoms with Gasteiger partial charge in [-0.15, -0.1) is 0 Å². The molecule has 1 amide bonds. The standard InChI is InChI=1S/C15H19N5O3/c1-2-13-18-14(23-19-13)3-4-15(21)20-7-8-22-12(10-20)11-9-16-5-6-17-11/h5-6,9,12H,2-4,7-8,10H2,1H3/t12-/m1/s1. The van der Waals surface area contributed by atoms with Gasteiger partial charge in [0.15, 0.2) is 5.82 Å². The van der Waals surface area contributed by atoms with Gasteiger partial charge in [-0.3, -0.25) is 14.8 Å². The predicted octanol–water partition coefficient (Wildman–Crippen LogP) is 0.955. The van der Waals surface area contributed by atoms with Crippen LogP contribution in [-0.4, -0.2) is 50.6 Å². The summed E-state index contributed by atoms with van der Waals surface area (Å²) >= 11 is 0. The highest BCUT2D eigenvalue weighted by Crippen LogP contribution is 2.20. The maximum atomic E-state index is 12.4. The van der Waals surface area contributed by atoms with E-state index in [4.69, 9.17) is 9.26 Å². The molecule has 1 fully saturated rings. The fourth-order valence-electron chi connectivity index (χ4n) is 2.44. The molecule has 1 saturated heterocycles. The van der Waals surface area contributed by atoms with Crippen LogP contribution < -0.4 is 0 Å². The molecular formula is C15H19N5O3. The molecule has 0 bridgehead atoms. The van der Waals surface area contributed by atoms with E-state index in [9.17, 15) is 4.79 Å². The summed E-state index contributed by atoms with van der Waals surface area (Å²) in [6, 6.07) is 0. The Bertz CT molecular complexity index is 646. The van der Waals surface area contributed by atoms with E-state index >= 15 is 0 Å². The van der Waals surface area contributed by atoms with E-state index in [-0.39, 0.29) is 12.0 Å². The quantitative estimate of drug-likeness (QED) is 0.810. The van der Waals surface area contributed by atoms with Crippen molar-refractivity contribution in [2.45, 2.75) is 32.3 Å². The van der Waals surface area contributed by atoms with Gasteiger partial charge in [0.2, 0.25) is 11.8 Å². The average Bonchev–Trinajstić information content (AvgIpc) is 3.09. The molecule has 0 N–H and O–H groups in total. The van der Waals surface area contributed by atoms with Gasteiger partial charge in [0, 0.05) is 38.2 Å². The lowest BCUT2D eigenvalue weighted by Gasteiger charge is -2.32. The number of ether oxygens (including phenoxy) is 1. The fourth-order valence-corrected chi connectivity index (χ4v) is 2.44. The number of rotatable bonds is 5.